The molecule has 0 radical (unpaired) electrons. The van der Waals surface area contributed by atoms with E-state index in [1.807, 2.05) is 0 Å². The van der Waals surface area contributed by atoms with Crippen LogP contribution in [0.3, 0.4) is 0 Å². The molecular weight excluding hydrogens is 329 g/mol. The van der Waals surface area contributed by atoms with E-state index in [4.69, 9.17) is 11.6 Å². The van der Waals surface area contributed by atoms with Gasteiger partial charge in [-0.1, -0.05) is 23.7 Å². The van der Waals surface area contributed by atoms with Gasteiger partial charge in [0.1, 0.15) is 11.6 Å². The lowest BCUT2D eigenvalue weighted by molar-refractivity contribution is 0.102. The quantitative estimate of drug-likeness (QED) is 0.711. The Morgan fingerprint density at radius 1 is 1.00 bits per heavy atom. The van der Waals surface area contributed by atoms with Gasteiger partial charge >= 0.3 is 0 Å². The van der Waals surface area contributed by atoms with Crippen molar-refractivity contribution in [3.8, 4) is 0 Å². The summed E-state index contributed by atoms with van der Waals surface area (Å²) in [6.07, 6.45) is 1.55. The predicted octanol–water partition coefficient (Wildman–Crippen LogP) is 4.87. The summed E-state index contributed by atoms with van der Waals surface area (Å²) in [7, 11) is 0. The Labute approximate surface area is 143 Å². The fourth-order valence-corrected chi connectivity index (χ4v) is 2.35. The zero-order valence-electron chi connectivity index (χ0n) is 12.5. The number of benzene rings is 2. The molecule has 0 saturated carbocycles. The van der Waals surface area contributed by atoms with E-state index in [0.29, 0.717) is 27.8 Å². The molecule has 3 aromatic rings. The zero-order valence-corrected chi connectivity index (χ0v) is 13.2. The summed E-state index contributed by atoms with van der Waals surface area (Å²) in [6.45, 7) is 0. The van der Waals surface area contributed by atoms with Crippen LogP contribution in [-0.2, 0) is 0 Å². The van der Waals surface area contributed by atoms with Crippen LogP contribution in [0.4, 0.5) is 21.6 Å². The van der Waals surface area contributed by atoms with Crippen molar-refractivity contribution in [2.45, 2.75) is 0 Å². The minimum absolute atomic E-state index is 0.335. The fourth-order valence-electron chi connectivity index (χ4n) is 2.16. The smallest absolute Gasteiger partial charge is 0.259 e. The Balaban J connectivity index is 1.84. The molecule has 0 aliphatic carbocycles. The molecule has 120 valence electrons. The molecule has 3 rings (SSSR count). The van der Waals surface area contributed by atoms with Crippen molar-refractivity contribution in [1.82, 2.24) is 4.98 Å². The van der Waals surface area contributed by atoms with Crippen LogP contribution in [0.1, 0.15) is 10.4 Å². The second-order valence-corrected chi connectivity index (χ2v) is 5.44. The summed E-state index contributed by atoms with van der Waals surface area (Å²) in [6, 6.07) is 16.1. The second kappa shape index (κ2) is 7.10. The van der Waals surface area contributed by atoms with Crippen molar-refractivity contribution in [2.75, 3.05) is 10.6 Å². The largest absolute Gasteiger partial charge is 0.339 e. The van der Waals surface area contributed by atoms with E-state index in [0.717, 1.165) is 0 Å². The van der Waals surface area contributed by atoms with E-state index in [9.17, 15) is 9.18 Å². The average Bonchev–Trinajstić information content (AvgIpc) is 2.55. The SMILES string of the molecule is O=C(Nc1cccc(Cl)c1)c1cccnc1Nc1cccc(F)c1. The fraction of sp³-hybridized carbons (Fsp3) is 0. The summed E-state index contributed by atoms with van der Waals surface area (Å²) in [5.74, 6) is -0.382. The van der Waals surface area contributed by atoms with Crippen LogP contribution < -0.4 is 10.6 Å². The highest BCUT2D eigenvalue weighted by molar-refractivity contribution is 6.31. The lowest BCUT2D eigenvalue weighted by Gasteiger charge is -2.11. The van der Waals surface area contributed by atoms with Crippen LogP contribution in [0.2, 0.25) is 5.02 Å². The Hall–Kier alpha value is -2.92. The maximum absolute atomic E-state index is 13.3. The molecule has 0 atom stereocenters. The number of hydrogen-bond donors (Lipinski definition) is 2. The molecule has 0 saturated heterocycles. The number of carbonyl (C=O) groups excluding carboxylic acids is 1. The molecule has 0 aliphatic heterocycles. The van der Waals surface area contributed by atoms with E-state index < -0.39 is 0 Å². The summed E-state index contributed by atoms with van der Waals surface area (Å²) in [5, 5.41) is 6.24. The van der Waals surface area contributed by atoms with E-state index >= 15 is 0 Å². The number of anilines is 3. The summed E-state index contributed by atoms with van der Waals surface area (Å²) in [4.78, 5) is 16.7. The maximum Gasteiger partial charge on any atom is 0.259 e. The van der Waals surface area contributed by atoms with Gasteiger partial charge in [-0.2, -0.15) is 0 Å². The zero-order chi connectivity index (χ0) is 16.9. The lowest BCUT2D eigenvalue weighted by atomic mass is 10.2. The van der Waals surface area contributed by atoms with Gasteiger partial charge in [0.2, 0.25) is 0 Å². The van der Waals surface area contributed by atoms with Crippen LogP contribution >= 0.6 is 11.6 Å². The topological polar surface area (TPSA) is 54.0 Å². The van der Waals surface area contributed by atoms with Gasteiger partial charge in [-0.05, 0) is 48.5 Å². The molecule has 0 unspecified atom stereocenters. The normalized spacial score (nSPS) is 10.2. The third-order valence-corrected chi connectivity index (χ3v) is 3.46. The molecule has 1 aromatic heterocycles. The van der Waals surface area contributed by atoms with Gasteiger partial charge in [0.05, 0.1) is 5.56 Å². The minimum Gasteiger partial charge on any atom is -0.339 e. The Morgan fingerprint density at radius 2 is 1.79 bits per heavy atom. The molecule has 0 bridgehead atoms. The molecule has 0 aliphatic rings. The predicted molar refractivity (Wildman–Crippen MR) is 93.3 cm³/mol. The third-order valence-electron chi connectivity index (χ3n) is 3.22. The van der Waals surface area contributed by atoms with E-state index in [2.05, 4.69) is 15.6 Å². The molecule has 0 spiro atoms. The molecule has 4 nitrogen and oxygen atoms in total. The Bertz CT molecular complexity index is 885. The van der Waals surface area contributed by atoms with Crippen molar-refractivity contribution in [3.63, 3.8) is 0 Å². The third kappa shape index (κ3) is 3.88. The van der Waals surface area contributed by atoms with Crippen LogP contribution in [0.5, 0.6) is 0 Å². The standard InChI is InChI=1S/C18H13ClFN3O/c19-12-4-1-6-14(10-12)23-18(24)16-8-3-9-21-17(16)22-15-7-2-5-13(20)11-15/h1-11H,(H,21,22)(H,23,24). The highest BCUT2D eigenvalue weighted by Gasteiger charge is 2.13. The van der Waals surface area contributed by atoms with Crippen LogP contribution in [0.15, 0.2) is 66.9 Å². The van der Waals surface area contributed by atoms with E-state index in [1.165, 1.54) is 12.1 Å². The summed E-state index contributed by atoms with van der Waals surface area (Å²) < 4.78 is 13.3. The summed E-state index contributed by atoms with van der Waals surface area (Å²) >= 11 is 5.92. The van der Waals surface area contributed by atoms with Gasteiger partial charge in [-0.25, -0.2) is 9.37 Å². The van der Waals surface area contributed by atoms with Gasteiger partial charge in [0.25, 0.3) is 5.91 Å². The van der Waals surface area contributed by atoms with Gasteiger partial charge in [0.15, 0.2) is 0 Å². The van der Waals surface area contributed by atoms with Gasteiger partial charge in [-0.3, -0.25) is 4.79 Å². The first kappa shape index (κ1) is 16.0. The first-order chi connectivity index (χ1) is 11.6. The molecule has 1 amide bonds. The highest BCUT2D eigenvalue weighted by atomic mass is 35.5. The number of nitrogens with one attached hydrogen (secondary N) is 2. The minimum atomic E-state index is -0.374. The molecule has 2 N–H and O–H groups in total. The number of carbonyl (C=O) groups is 1. The monoisotopic (exact) mass is 341 g/mol. The molecule has 6 heteroatoms. The van der Waals surface area contributed by atoms with E-state index in [1.54, 1.807) is 54.7 Å². The van der Waals surface area contributed by atoms with Crippen molar-refractivity contribution in [1.29, 1.82) is 0 Å². The number of nitrogens with zero attached hydrogens (tertiary/aromatic N) is 1. The maximum atomic E-state index is 13.3. The lowest BCUT2D eigenvalue weighted by Crippen LogP contribution is -2.14. The number of halogens is 2. The first-order valence-electron chi connectivity index (χ1n) is 7.16. The number of amides is 1. The second-order valence-electron chi connectivity index (χ2n) is 5.00. The molecule has 0 fully saturated rings. The molecule has 24 heavy (non-hydrogen) atoms. The number of pyridine rings is 1. The van der Waals surface area contributed by atoms with Crippen LogP contribution in [0, 0.1) is 5.82 Å². The van der Waals surface area contributed by atoms with Crippen LogP contribution in [0.25, 0.3) is 0 Å². The number of hydrogen-bond acceptors (Lipinski definition) is 3. The Kier molecular flexibility index (Phi) is 4.72. The molecular formula is C18H13ClFN3O. The van der Waals surface area contributed by atoms with Crippen molar-refractivity contribution >= 4 is 34.7 Å². The van der Waals surface area contributed by atoms with Crippen LogP contribution in [-0.4, -0.2) is 10.9 Å². The first-order valence-corrected chi connectivity index (χ1v) is 7.54. The van der Waals surface area contributed by atoms with Gasteiger partial charge in [-0.15, -0.1) is 0 Å². The van der Waals surface area contributed by atoms with E-state index in [-0.39, 0.29) is 11.7 Å². The highest BCUT2D eigenvalue weighted by Crippen LogP contribution is 2.21. The Morgan fingerprint density at radius 3 is 2.58 bits per heavy atom. The van der Waals surface area contributed by atoms with Crippen molar-refractivity contribution < 1.29 is 9.18 Å². The number of aromatic nitrogens is 1. The van der Waals surface area contributed by atoms with Crippen molar-refractivity contribution in [2.24, 2.45) is 0 Å². The number of rotatable bonds is 4. The molecule has 2 aromatic carbocycles. The summed E-state index contributed by atoms with van der Waals surface area (Å²) in [5.41, 5.74) is 1.42. The van der Waals surface area contributed by atoms with Gasteiger partial charge in [0, 0.05) is 22.6 Å². The van der Waals surface area contributed by atoms with Crippen molar-refractivity contribution in [3.05, 3.63) is 83.3 Å². The average molecular weight is 342 g/mol. The molecule has 1 heterocycles. The van der Waals surface area contributed by atoms with Gasteiger partial charge < -0.3 is 10.6 Å².